The van der Waals surface area contributed by atoms with Gasteiger partial charge in [-0.1, -0.05) is 26.0 Å². The fourth-order valence-electron chi connectivity index (χ4n) is 1.06. The van der Waals surface area contributed by atoms with Gasteiger partial charge in [0.2, 0.25) is 0 Å². The molecule has 0 N–H and O–H groups in total. The van der Waals surface area contributed by atoms with Gasteiger partial charge in [-0.25, -0.2) is 0 Å². The summed E-state index contributed by atoms with van der Waals surface area (Å²) >= 11 is 0. The zero-order chi connectivity index (χ0) is 11.5. The van der Waals surface area contributed by atoms with Crippen LogP contribution < -0.4 is 51.4 Å². The molecule has 6 heteroatoms. The Bertz CT molecular complexity index is 346. The maximum Gasteiger partial charge on any atom is 1.00 e. The summed E-state index contributed by atoms with van der Waals surface area (Å²) in [5, 5.41) is 0. The molecule has 0 aliphatic carbocycles. The van der Waals surface area contributed by atoms with Crippen LogP contribution in [0.3, 0.4) is 0 Å². The predicted molar refractivity (Wildman–Crippen MR) is 56.4 cm³/mol. The van der Waals surface area contributed by atoms with Crippen LogP contribution in [0, 0.1) is 0 Å². The number of hydrogen-bond donors (Lipinski definition) is 0. The van der Waals surface area contributed by atoms with Crippen LogP contribution in [-0.2, 0) is 0 Å². The summed E-state index contributed by atoms with van der Waals surface area (Å²) in [6.45, 7) is -0.861. The molecule has 0 fully saturated rings. The largest absolute Gasteiger partial charge is 1.00 e. The van der Waals surface area contributed by atoms with Crippen LogP contribution in [0.15, 0.2) is 24.3 Å². The smallest absolute Gasteiger partial charge is 0.445 e. The number of rotatable bonds is 3. The van der Waals surface area contributed by atoms with E-state index in [1.165, 1.54) is 0 Å². The molecule has 0 radical (unpaired) electrons. The van der Waals surface area contributed by atoms with Gasteiger partial charge >= 0.3 is 58.4 Å². The zero-order valence-electron chi connectivity index (χ0n) is 9.62. The van der Waals surface area contributed by atoms with Crippen molar-refractivity contribution in [3.8, 4) is 0 Å². The molecule has 1 aromatic rings. The molecule has 0 saturated carbocycles. The minimum absolute atomic E-state index is 0. The SMILES string of the molecule is CC(C)c1ccc(/C=C/[B-](F)(F)F)nc1.[K+]. The quantitative estimate of drug-likeness (QED) is 0.719. The first-order valence-electron chi connectivity index (χ1n) is 4.73. The molecule has 0 aliphatic rings. The van der Waals surface area contributed by atoms with Crippen molar-refractivity contribution < 1.29 is 64.3 Å². The summed E-state index contributed by atoms with van der Waals surface area (Å²) in [7, 11) is 0. The van der Waals surface area contributed by atoms with Gasteiger partial charge in [0, 0.05) is 6.20 Å². The molecule has 0 aliphatic heterocycles. The average Bonchev–Trinajstić information content (AvgIpc) is 2.14. The van der Waals surface area contributed by atoms with E-state index >= 15 is 0 Å². The fourth-order valence-corrected chi connectivity index (χ4v) is 1.06. The number of hydrogen-bond acceptors (Lipinski definition) is 1. The van der Waals surface area contributed by atoms with Gasteiger partial charge in [0.05, 0.1) is 5.69 Å². The monoisotopic (exact) mass is 253 g/mol. The van der Waals surface area contributed by atoms with Crippen LogP contribution in [0.25, 0.3) is 6.08 Å². The van der Waals surface area contributed by atoms with Gasteiger partial charge in [-0.05, 0) is 17.5 Å². The first-order chi connectivity index (χ1) is 6.88. The van der Waals surface area contributed by atoms with Gasteiger partial charge in [0.15, 0.2) is 0 Å². The van der Waals surface area contributed by atoms with Crippen molar-refractivity contribution in [2.45, 2.75) is 19.8 Å². The van der Waals surface area contributed by atoms with E-state index in [9.17, 15) is 12.9 Å². The van der Waals surface area contributed by atoms with Crippen molar-refractivity contribution in [1.82, 2.24) is 4.98 Å². The topological polar surface area (TPSA) is 12.9 Å². The summed E-state index contributed by atoms with van der Waals surface area (Å²) in [6.07, 6.45) is 2.60. The van der Waals surface area contributed by atoms with Crippen LogP contribution in [-0.4, -0.2) is 12.0 Å². The van der Waals surface area contributed by atoms with Gasteiger partial charge < -0.3 is 12.9 Å². The molecule has 0 aromatic carbocycles. The molecule has 0 amide bonds. The predicted octanol–water partition coefficient (Wildman–Crippen LogP) is 0.609. The van der Waals surface area contributed by atoms with E-state index in [-0.39, 0.29) is 57.4 Å². The minimum atomic E-state index is -4.87. The van der Waals surface area contributed by atoms with Crippen LogP contribution >= 0.6 is 0 Å². The van der Waals surface area contributed by atoms with E-state index in [2.05, 4.69) is 4.98 Å². The molecule has 0 saturated heterocycles. The van der Waals surface area contributed by atoms with Gasteiger partial charge in [-0.15, -0.1) is 5.98 Å². The Hall–Kier alpha value is 0.381. The summed E-state index contributed by atoms with van der Waals surface area (Å²) in [6, 6.07) is 3.38. The molecule has 0 spiro atoms. The first kappa shape index (κ1) is 16.4. The summed E-state index contributed by atoms with van der Waals surface area (Å²) < 4.78 is 35.7. The number of nitrogens with zero attached hydrogens (tertiary/aromatic N) is 1. The Kier molecular flexibility index (Phi) is 7.12. The average molecular weight is 253 g/mol. The number of pyridine rings is 1. The van der Waals surface area contributed by atoms with E-state index in [1.54, 1.807) is 18.3 Å². The van der Waals surface area contributed by atoms with Crippen molar-refractivity contribution in [3.63, 3.8) is 0 Å². The molecular formula is C10H12BF3KN. The van der Waals surface area contributed by atoms with Crippen LogP contribution in [0.4, 0.5) is 12.9 Å². The Balaban J connectivity index is 0.00000225. The summed E-state index contributed by atoms with van der Waals surface area (Å²) in [4.78, 5) is 3.93. The molecular weight excluding hydrogens is 241 g/mol. The Morgan fingerprint density at radius 2 is 1.88 bits per heavy atom. The van der Waals surface area contributed by atoms with Gasteiger partial charge in [-0.3, -0.25) is 4.98 Å². The number of aromatic nitrogens is 1. The zero-order valence-corrected chi connectivity index (χ0v) is 12.7. The molecule has 0 atom stereocenters. The maximum atomic E-state index is 11.9. The second-order valence-electron chi connectivity index (χ2n) is 3.66. The van der Waals surface area contributed by atoms with Crippen molar-refractivity contribution in [1.29, 1.82) is 0 Å². The molecule has 1 aromatic heterocycles. The van der Waals surface area contributed by atoms with Crippen molar-refractivity contribution in [2.75, 3.05) is 0 Å². The minimum Gasteiger partial charge on any atom is -0.445 e. The van der Waals surface area contributed by atoms with Crippen LogP contribution in [0.1, 0.15) is 31.0 Å². The molecule has 1 nitrogen and oxygen atoms in total. The van der Waals surface area contributed by atoms with Gasteiger partial charge in [-0.2, -0.15) is 0 Å². The van der Waals surface area contributed by atoms with Crippen molar-refractivity contribution >= 4 is 13.1 Å². The van der Waals surface area contributed by atoms with E-state index in [0.717, 1.165) is 11.6 Å². The standard InChI is InChI=1S/C10H12BF3N.K/c1-8(2)9-3-4-10(15-7-9)5-6-11(12,13)14;/h3-8H,1-2H3;/q-1;+1/b6-5+;. The van der Waals surface area contributed by atoms with E-state index in [1.807, 2.05) is 13.8 Å². The second kappa shape index (κ2) is 6.96. The van der Waals surface area contributed by atoms with Gasteiger partial charge in [0.25, 0.3) is 0 Å². The van der Waals surface area contributed by atoms with Crippen LogP contribution in [0.5, 0.6) is 0 Å². The van der Waals surface area contributed by atoms with E-state index < -0.39 is 6.98 Å². The second-order valence-corrected chi connectivity index (χ2v) is 3.66. The normalized spacial score (nSPS) is 11.9. The molecule has 0 unspecified atom stereocenters. The van der Waals surface area contributed by atoms with Crippen molar-refractivity contribution in [3.05, 3.63) is 35.6 Å². The third kappa shape index (κ3) is 6.20. The molecule has 1 heterocycles. The molecule has 16 heavy (non-hydrogen) atoms. The van der Waals surface area contributed by atoms with Gasteiger partial charge in [0.1, 0.15) is 0 Å². The van der Waals surface area contributed by atoms with Crippen LogP contribution in [0.2, 0.25) is 0 Å². The third-order valence-electron chi connectivity index (χ3n) is 1.96. The maximum absolute atomic E-state index is 11.9. The molecule has 0 bridgehead atoms. The van der Waals surface area contributed by atoms with Crippen molar-refractivity contribution in [2.24, 2.45) is 0 Å². The molecule has 1 rings (SSSR count). The first-order valence-corrected chi connectivity index (χ1v) is 4.73. The summed E-state index contributed by atoms with van der Waals surface area (Å²) in [5.41, 5.74) is 1.35. The Morgan fingerprint density at radius 1 is 1.25 bits per heavy atom. The fraction of sp³-hybridized carbons (Fsp3) is 0.300. The summed E-state index contributed by atoms with van der Waals surface area (Å²) in [5.74, 6) is 0.583. The molecule has 82 valence electrons. The third-order valence-corrected chi connectivity index (χ3v) is 1.96. The Labute approximate surface area is 136 Å². The van der Waals surface area contributed by atoms with E-state index in [0.29, 0.717) is 11.6 Å². The Morgan fingerprint density at radius 3 is 2.25 bits per heavy atom. The number of halogens is 3. The van der Waals surface area contributed by atoms with E-state index in [4.69, 9.17) is 0 Å².